The second kappa shape index (κ2) is 12.0. The Hall–Kier alpha value is -1.81. The third kappa shape index (κ3) is 8.97. The fraction of sp³-hybridized carbons (Fsp3) is 0.680. The molecule has 10 heteroatoms. The van der Waals surface area contributed by atoms with Gasteiger partial charge in [-0.1, -0.05) is 23.7 Å². The minimum absolute atomic E-state index is 0.00800. The van der Waals surface area contributed by atoms with E-state index in [0.717, 1.165) is 18.4 Å². The zero-order valence-corrected chi connectivity index (χ0v) is 23.0. The molecule has 0 radical (unpaired) electrons. The van der Waals surface area contributed by atoms with E-state index in [1.807, 2.05) is 52.0 Å². The van der Waals surface area contributed by atoms with Gasteiger partial charge in [0, 0.05) is 12.1 Å². The van der Waals surface area contributed by atoms with Crippen LogP contribution in [-0.2, 0) is 30.0 Å². The Kier molecular flexibility index (Phi) is 10.0. The Labute approximate surface area is 214 Å². The molecule has 1 heterocycles. The SMILES string of the molecule is COC[C@@H](NC(=O)OC(C)(C)C)C(=O)N[C@@H](CCCc1ccc(Cl)cc1)B1OC(C)(C)C(C)(C)O1. The smallest absolute Gasteiger partial charge is 0.444 e. The summed E-state index contributed by atoms with van der Waals surface area (Å²) in [5, 5.41) is 6.31. The van der Waals surface area contributed by atoms with Crippen molar-refractivity contribution < 1.29 is 28.4 Å². The van der Waals surface area contributed by atoms with E-state index in [2.05, 4.69) is 10.6 Å². The molecule has 1 saturated heterocycles. The molecule has 2 N–H and O–H groups in total. The van der Waals surface area contributed by atoms with Crippen LogP contribution in [0.4, 0.5) is 4.79 Å². The van der Waals surface area contributed by atoms with Gasteiger partial charge in [0.15, 0.2) is 0 Å². The monoisotopic (exact) mass is 510 g/mol. The van der Waals surface area contributed by atoms with E-state index in [-0.39, 0.29) is 6.61 Å². The van der Waals surface area contributed by atoms with Gasteiger partial charge in [-0.05, 0) is 85.4 Å². The summed E-state index contributed by atoms with van der Waals surface area (Å²) < 4.78 is 22.9. The second-order valence-electron chi connectivity index (χ2n) is 10.9. The van der Waals surface area contributed by atoms with E-state index in [1.165, 1.54) is 7.11 Å². The normalized spacial score (nSPS) is 18.6. The van der Waals surface area contributed by atoms with Gasteiger partial charge in [-0.15, -0.1) is 0 Å². The molecule has 0 unspecified atom stereocenters. The topological polar surface area (TPSA) is 95.1 Å². The summed E-state index contributed by atoms with van der Waals surface area (Å²) >= 11 is 5.99. The molecule has 196 valence electrons. The van der Waals surface area contributed by atoms with E-state index < -0.39 is 47.9 Å². The molecule has 1 fully saturated rings. The molecule has 1 aliphatic heterocycles. The van der Waals surface area contributed by atoms with Crippen LogP contribution in [0.3, 0.4) is 0 Å². The Morgan fingerprint density at radius 1 is 1.06 bits per heavy atom. The Morgan fingerprint density at radius 3 is 2.14 bits per heavy atom. The third-order valence-electron chi connectivity index (χ3n) is 6.16. The minimum atomic E-state index is -0.934. The largest absolute Gasteiger partial charge is 0.481 e. The number of alkyl carbamates (subject to hydrolysis) is 1. The molecule has 1 aliphatic rings. The molecule has 0 bridgehead atoms. The molecule has 0 saturated carbocycles. The van der Waals surface area contributed by atoms with Crippen LogP contribution < -0.4 is 10.6 Å². The number of rotatable bonds is 10. The van der Waals surface area contributed by atoms with Gasteiger partial charge in [-0.3, -0.25) is 4.79 Å². The van der Waals surface area contributed by atoms with Crippen LogP contribution >= 0.6 is 11.6 Å². The number of hydrogen-bond donors (Lipinski definition) is 2. The summed E-state index contributed by atoms with van der Waals surface area (Å²) in [7, 11) is 0.827. The molecule has 2 rings (SSSR count). The standard InChI is InChI=1S/C25H40BClN2O6/c1-23(2,3)33-22(31)28-19(16-32-8)21(30)29-20(26-34-24(4,5)25(6,7)35-26)11-9-10-17-12-14-18(27)15-13-17/h12-15,19-20H,9-11,16H2,1-8H3,(H,28,31)(H,29,30)/t19-,20+/m1/s1. The molecule has 0 spiro atoms. The Morgan fingerprint density at radius 2 is 1.63 bits per heavy atom. The Bertz CT molecular complexity index is 841. The number of carbonyl (C=O) groups is 2. The molecule has 35 heavy (non-hydrogen) atoms. The van der Waals surface area contributed by atoms with Crippen molar-refractivity contribution >= 4 is 30.7 Å². The fourth-order valence-corrected chi connectivity index (χ4v) is 3.72. The molecular formula is C25H40BClN2O6. The molecular weight excluding hydrogens is 471 g/mol. The van der Waals surface area contributed by atoms with Crippen molar-refractivity contribution in [1.82, 2.24) is 10.6 Å². The van der Waals surface area contributed by atoms with E-state index in [1.54, 1.807) is 20.8 Å². The van der Waals surface area contributed by atoms with E-state index >= 15 is 0 Å². The van der Waals surface area contributed by atoms with Crippen molar-refractivity contribution in [2.45, 2.75) is 96.5 Å². The van der Waals surface area contributed by atoms with Crippen LogP contribution in [0.2, 0.25) is 5.02 Å². The first-order chi connectivity index (χ1) is 16.1. The van der Waals surface area contributed by atoms with Gasteiger partial charge in [0.1, 0.15) is 11.6 Å². The van der Waals surface area contributed by atoms with Crippen LogP contribution in [0.25, 0.3) is 0 Å². The van der Waals surface area contributed by atoms with Gasteiger partial charge in [0.2, 0.25) is 5.91 Å². The third-order valence-corrected chi connectivity index (χ3v) is 6.41. The maximum Gasteiger partial charge on any atom is 0.481 e. The van der Waals surface area contributed by atoms with Gasteiger partial charge in [0.25, 0.3) is 0 Å². The quantitative estimate of drug-likeness (QED) is 0.455. The van der Waals surface area contributed by atoms with E-state index in [9.17, 15) is 9.59 Å². The maximum absolute atomic E-state index is 13.2. The molecule has 2 atom stereocenters. The molecule has 0 aliphatic carbocycles. The van der Waals surface area contributed by atoms with Crippen LogP contribution in [0, 0.1) is 0 Å². The average molecular weight is 511 g/mol. The lowest BCUT2D eigenvalue weighted by atomic mass is 9.75. The highest BCUT2D eigenvalue weighted by Crippen LogP contribution is 2.38. The maximum atomic E-state index is 13.2. The highest BCUT2D eigenvalue weighted by Gasteiger charge is 2.54. The summed E-state index contributed by atoms with van der Waals surface area (Å²) in [6.07, 6.45) is 1.51. The number of halogens is 1. The van der Waals surface area contributed by atoms with Crippen LogP contribution in [0.1, 0.15) is 66.9 Å². The van der Waals surface area contributed by atoms with E-state index in [0.29, 0.717) is 11.4 Å². The van der Waals surface area contributed by atoms with Gasteiger partial charge in [-0.2, -0.15) is 0 Å². The van der Waals surface area contributed by atoms with Gasteiger partial charge < -0.3 is 29.4 Å². The molecule has 1 aromatic carbocycles. The number of benzene rings is 1. The lowest BCUT2D eigenvalue weighted by molar-refractivity contribution is -0.124. The summed E-state index contributed by atoms with van der Waals surface area (Å²) in [5.41, 5.74) is -0.627. The van der Waals surface area contributed by atoms with Crippen molar-refractivity contribution in [3.8, 4) is 0 Å². The summed E-state index contributed by atoms with van der Waals surface area (Å²) in [6.45, 7) is 13.1. The van der Waals surface area contributed by atoms with Crippen molar-refractivity contribution in [3.63, 3.8) is 0 Å². The highest BCUT2D eigenvalue weighted by atomic mass is 35.5. The Balaban J connectivity index is 2.12. The lowest BCUT2D eigenvalue weighted by Gasteiger charge is -2.32. The first kappa shape index (κ1) is 29.4. The highest BCUT2D eigenvalue weighted by molar-refractivity contribution is 6.48. The van der Waals surface area contributed by atoms with Crippen molar-refractivity contribution in [2.75, 3.05) is 13.7 Å². The number of ether oxygens (including phenoxy) is 2. The number of hydrogen-bond acceptors (Lipinski definition) is 6. The molecule has 0 aromatic heterocycles. The number of nitrogens with one attached hydrogen (secondary N) is 2. The first-order valence-electron chi connectivity index (χ1n) is 12.0. The lowest BCUT2D eigenvalue weighted by Crippen LogP contribution is -2.56. The molecule has 8 nitrogen and oxygen atoms in total. The van der Waals surface area contributed by atoms with E-state index in [4.69, 9.17) is 30.4 Å². The zero-order chi connectivity index (χ0) is 26.4. The number of methoxy groups -OCH3 is 1. The van der Waals surface area contributed by atoms with Crippen molar-refractivity contribution in [1.29, 1.82) is 0 Å². The number of amides is 2. The van der Waals surface area contributed by atoms with Crippen LogP contribution in [0.15, 0.2) is 24.3 Å². The fourth-order valence-electron chi connectivity index (χ4n) is 3.59. The second-order valence-corrected chi connectivity index (χ2v) is 11.3. The van der Waals surface area contributed by atoms with Gasteiger partial charge in [0.05, 0.1) is 23.8 Å². The summed E-state index contributed by atoms with van der Waals surface area (Å²) in [6, 6.07) is 6.77. The minimum Gasteiger partial charge on any atom is -0.444 e. The van der Waals surface area contributed by atoms with Crippen LogP contribution in [-0.4, -0.2) is 61.6 Å². The molecule has 2 amide bonds. The van der Waals surface area contributed by atoms with Gasteiger partial charge >= 0.3 is 13.2 Å². The first-order valence-corrected chi connectivity index (χ1v) is 12.4. The number of carbonyl (C=O) groups excluding carboxylic acids is 2. The average Bonchev–Trinajstić information content (AvgIpc) is 2.94. The molecule has 1 aromatic rings. The predicted octanol–water partition coefficient (Wildman–Crippen LogP) is 4.32. The van der Waals surface area contributed by atoms with Crippen molar-refractivity contribution in [3.05, 3.63) is 34.9 Å². The van der Waals surface area contributed by atoms with Gasteiger partial charge in [-0.25, -0.2) is 4.79 Å². The number of aryl methyl sites for hydroxylation is 1. The summed E-state index contributed by atoms with van der Waals surface area (Å²) in [4.78, 5) is 25.5. The predicted molar refractivity (Wildman–Crippen MR) is 137 cm³/mol. The van der Waals surface area contributed by atoms with Crippen molar-refractivity contribution in [2.24, 2.45) is 0 Å². The zero-order valence-electron chi connectivity index (χ0n) is 22.2. The summed E-state index contributed by atoms with van der Waals surface area (Å²) in [5.74, 6) is -0.834. The van der Waals surface area contributed by atoms with Crippen LogP contribution in [0.5, 0.6) is 0 Å².